The van der Waals surface area contributed by atoms with Crippen LogP contribution in [-0.2, 0) is 20.7 Å². The molecule has 2 heterocycles. The number of esters is 2. The number of aryl methyl sites for hydroxylation is 1. The zero-order chi connectivity index (χ0) is 22.4. The van der Waals surface area contributed by atoms with E-state index in [4.69, 9.17) is 9.47 Å². The van der Waals surface area contributed by atoms with E-state index in [0.717, 1.165) is 29.7 Å². The van der Waals surface area contributed by atoms with Gasteiger partial charge < -0.3 is 9.47 Å². The molecule has 0 bridgehead atoms. The predicted molar refractivity (Wildman–Crippen MR) is 120 cm³/mol. The van der Waals surface area contributed by atoms with Crippen LogP contribution in [0.3, 0.4) is 0 Å². The largest absolute Gasteiger partial charge is 0.464 e. The van der Waals surface area contributed by atoms with Gasteiger partial charge in [0.2, 0.25) is 0 Å². The molecule has 0 amide bonds. The quantitative estimate of drug-likeness (QED) is 0.367. The number of carbonyl (C=O) groups excluding carboxylic acids is 2. The van der Waals surface area contributed by atoms with Gasteiger partial charge in [0.1, 0.15) is 15.7 Å². The number of unbranched alkanes of at least 4 members (excludes halogenated alkanes) is 1. The predicted octanol–water partition coefficient (Wildman–Crippen LogP) is 4.07. The summed E-state index contributed by atoms with van der Waals surface area (Å²) in [6.07, 6.45) is 3.62. The fourth-order valence-corrected chi connectivity index (χ4v) is 4.16. The van der Waals surface area contributed by atoms with Crippen LogP contribution >= 0.6 is 11.3 Å². The van der Waals surface area contributed by atoms with Crippen LogP contribution in [0.25, 0.3) is 10.2 Å². The number of thiophene rings is 1. The van der Waals surface area contributed by atoms with Gasteiger partial charge in [0.15, 0.2) is 0 Å². The van der Waals surface area contributed by atoms with Crippen LogP contribution in [0.1, 0.15) is 53.5 Å². The van der Waals surface area contributed by atoms with Crippen molar-refractivity contribution in [1.82, 2.24) is 9.55 Å². The molecule has 0 saturated carbocycles. The van der Waals surface area contributed by atoms with Crippen molar-refractivity contribution in [2.75, 3.05) is 13.2 Å². The number of nitrogens with zero attached hydrogens (tertiary/aromatic N) is 2. The molecule has 7 nitrogen and oxygen atoms in total. The molecule has 0 aliphatic heterocycles. The zero-order valence-corrected chi connectivity index (χ0v) is 18.7. The summed E-state index contributed by atoms with van der Waals surface area (Å²) in [6, 6.07) is 8.94. The molecule has 0 aliphatic carbocycles. The minimum absolute atomic E-state index is 0.245. The van der Waals surface area contributed by atoms with E-state index in [1.54, 1.807) is 13.8 Å². The van der Waals surface area contributed by atoms with Gasteiger partial charge in [0, 0.05) is 6.42 Å². The topological polar surface area (TPSA) is 87.5 Å². The number of carbonyl (C=O) groups is 2. The van der Waals surface area contributed by atoms with Gasteiger partial charge in [-0.15, -0.1) is 11.3 Å². The summed E-state index contributed by atoms with van der Waals surface area (Å²) in [5.41, 5.74) is 1.22. The highest BCUT2D eigenvalue weighted by molar-refractivity contribution is 7.20. The average Bonchev–Trinajstić information content (AvgIpc) is 3.11. The number of hydrogen-bond donors (Lipinski definition) is 0. The number of rotatable bonds is 9. The summed E-state index contributed by atoms with van der Waals surface area (Å²) in [6.45, 7) is 5.87. The van der Waals surface area contributed by atoms with Crippen molar-refractivity contribution < 1.29 is 19.1 Å². The SMILES string of the molecule is CCCCOC(=O)C(C)n1cnc2sc(C(=O)OCCc3ccccc3)c(C)c2c1=O. The fourth-order valence-electron chi connectivity index (χ4n) is 3.13. The smallest absolute Gasteiger partial charge is 0.348 e. The molecule has 3 aromatic rings. The maximum Gasteiger partial charge on any atom is 0.348 e. The molecular formula is C23H26N2O5S. The number of fused-ring (bicyclic) bond motifs is 1. The van der Waals surface area contributed by atoms with Crippen molar-refractivity contribution in [2.24, 2.45) is 0 Å². The second kappa shape index (κ2) is 10.3. The van der Waals surface area contributed by atoms with Gasteiger partial charge in [-0.05, 0) is 31.4 Å². The Kier molecular flexibility index (Phi) is 7.57. The van der Waals surface area contributed by atoms with Crippen LogP contribution in [0.5, 0.6) is 0 Å². The maximum atomic E-state index is 13.0. The third-order valence-corrected chi connectivity index (χ3v) is 6.21. The lowest BCUT2D eigenvalue weighted by Gasteiger charge is -2.14. The van der Waals surface area contributed by atoms with E-state index in [1.165, 1.54) is 10.9 Å². The normalized spacial score (nSPS) is 12.0. The van der Waals surface area contributed by atoms with E-state index >= 15 is 0 Å². The minimum atomic E-state index is -0.804. The molecule has 0 fully saturated rings. The summed E-state index contributed by atoms with van der Waals surface area (Å²) in [5.74, 6) is -0.959. The molecule has 31 heavy (non-hydrogen) atoms. The van der Waals surface area contributed by atoms with Crippen LogP contribution in [-0.4, -0.2) is 34.7 Å². The lowest BCUT2D eigenvalue weighted by Crippen LogP contribution is -2.29. The Morgan fingerprint density at radius 3 is 2.61 bits per heavy atom. The first-order valence-corrected chi connectivity index (χ1v) is 11.1. The molecule has 1 atom stereocenters. The zero-order valence-electron chi connectivity index (χ0n) is 17.9. The van der Waals surface area contributed by atoms with Crippen LogP contribution in [0.4, 0.5) is 0 Å². The summed E-state index contributed by atoms with van der Waals surface area (Å²) >= 11 is 1.12. The molecule has 0 radical (unpaired) electrons. The van der Waals surface area contributed by atoms with Gasteiger partial charge in [-0.3, -0.25) is 9.36 Å². The first-order chi connectivity index (χ1) is 14.9. The van der Waals surface area contributed by atoms with E-state index < -0.39 is 18.0 Å². The molecule has 1 aromatic carbocycles. The molecule has 1 unspecified atom stereocenters. The highest BCUT2D eigenvalue weighted by Gasteiger charge is 2.24. The Balaban J connectivity index is 1.77. The van der Waals surface area contributed by atoms with E-state index in [1.807, 2.05) is 37.3 Å². The number of ether oxygens (including phenoxy) is 2. The van der Waals surface area contributed by atoms with Gasteiger partial charge >= 0.3 is 11.9 Å². The third kappa shape index (κ3) is 5.19. The fraction of sp³-hybridized carbons (Fsp3) is 0.391. The second-order valence-corrected chi connectivity index (χ2v) is 8.26. The van der Waals surface area contributed by atoms with Crippen molar-refractivity contribution >= 4 is 33.5 Å². The van der Waals surface area contributed by atoms with E-state index in [0.29, 0.717) is 33.7 Å². The summed E-state index contributed by atoms with van der Waals surface area (Å²) < 4.78 is 11.9. The van der Waals surface area contributed by atoms with Crippen molar-refractivity contribution in [1.29, 1.82) is 0 Å². The highest BCUT2D eigenvalue weighted by atomic mass is 32.1. The average molecular weight is 443 g/mol. The van der Waals surface area contributed by atoms with Gasteiger partial charge in [0.25, 0.3) is 5.56 Å². The standard InChI is InChI=1S/C23H26N2O5S/c1-4-5-12-29-22(27)16(3)25-14-24-20-18(21(25)26)15(2)19(31-20)23(28)30-13-11-17-9-7-6-8-10-17/h6-10,14,16H,4-5,11-13H2,1-3H3. The van der Waals surface area contributed by atoms with Gasteiger partial charge in [0.05, 0.1) is 24.9 Å². The summed E-state index contributed by atoms with van der Waals surface area (Å²) in [7, 11) is 0. The molecule has 0 saturated heterocycles. The van der Waals surface area contributed by atoms with E-state index in [9.17, 15) is 14.4 Å². The van der Waals surface area contributed by atoms with Crippen molar-refractivity contribution in [2.45, 2.75) is 46.1 Å². The Hall–Kier alpha value is -3.00. The van der Waals surface area contributed by atoms with Gasteiger partial charge in [-0.1, -0.05) is 43.7 Å². The minimum Gasteiger partial charge on any atom is -0.464 e. The number of aromatic nitrogens is 2. The lowest BCUT2D eigenvalue weighted by molar-refractivity contribution is -0.147. The Labute approximate surface area is 184 Å². The maximum absolute atomic E-state index is 13.0. The summed E-state index contributed by atoms with van der Waals surface area (Å²) in [4.78, 5) is 43.0. The van der Waals surface area contributed by atoms with Crippen molar-refractivity contribution in [3.63, 3.8) is 0 Å². The monoisotopic (exact) mass is 442 g/mol. The Morgan fingerprint density at radius 2 is 1.90 bits per heavy atom. The first-order valence-electron chi connectivity index (χ1n) is 10.3. The van der Waals surface area contributed by atoms with Crippen LogP contribution in [0.2, 0.25) is 0 Å². The Morgan fingerprint density at radius 1 is 1.16 bits per heavy atom. The molecular weight excluding hydrogens is 416 g/mol. The van der Waals surface area contributed by atoms with Crippen molar-refractivity contribution in [3.05, 3.63) is 63.0 Å². The van der Waals surface area contributed by atoms with Gasteiger partial charge in [-0.2, -0.15) is 0 Å². The van der Waals surface area contributed by atoms with E-state index in [-0.39, 0.29) is 12.2 Å². The molecule has 164 valence electrons. The molecule has 0 aliphatic rings. The Bertz CT molecular complexity index is 1120. The number of hydrogen-bond acceptors (Lipinski definition) is 7. The number of benzene rings is 1. The van der Waals surface area contributed by atoms with E-state index in [2.05, 4.69) is 4.98 Å². The summed E-state index contributed by atoms with van der Waals surface area (Å²) in [5, 5.41) is 0.329. The van der Waals surface area contributed by atoms with Gasteiger partial charge in [-0.25, -0.2) is 14.6 Å². The molecule has 0 N–H and O–H groups in total. The first kappa shape index (κ1) is 22.7. The lowest BCUT2D eigenvalue weighted by atomic mass is 10.2. The van der Waals surface area contributed by atoms with Crippen molar-refractivity contribution in [3.8, 4) is 0 Å². The molecule has 3 rings (SSSR count). The van der Waals surface area contributed by atoms with Crippen LogP contribution < -0.4 is 5.56 Å². The third-order valence-electron chi connectivity index (χ3n) is 5.03. The molecule has 2 aromatic heterocycles. The molecule has 8 heteroatoms. The van der Waals surface area contributed by atoms with Crippen LogP contribution in [0, 0.1) is 6.92 Å². The van der Waals surface area contributed by atoms with Crippen LogP contribution in [0.15, 0.2) is 41.5 Å². The second-order valence-electron chi connectivity index (χ2n) is 7.26. The highest BCUT2D eigenvalue weighted by Crippen LogP contribution is 2.28. The molecule has 0 spiro atoms.